The number of thiazole rings is 2. The van der Waals surface area contributed by atoms with Gasteiger partial charge in [0.2, 0.25) is 0 Å². The SMILES string of the molecule is CCOc1ccc2nc(Sc3ccc(/C=c4\sc5n(c4=O)[C@@H](c4ccc(N(C)C)cc4)C(C(=O)Nc4ccccc4)=C(C)N=5)o3)sc2c1. The molecule has 0 spiro atoms. The monoisotopic (exact) mass is 693 g/mol. The average molecular weight is 694 g/mol. The van der Waals surface area contributed by atoms with E-state index in [1.165, 1.54) is 23.1 Å². The Morgan fingerprint density at radius 1 is 1.06 bits per heavy atom. The molecule has 1 N–H and O–H groups in total. The summed E-state index contributed by atoms with van der Waals surface area (Å²) in [6.45, 7) is 4.38. The maximum atomic E-state index is 14.1. The molecule has 7 rings (SSSR count). The fourth-order valence-corrected chi connectivity index (χ4v) is 8.49. The zero-order chi connectivity index (χ0) is 33.4. The van der Waals surface area contributed by atoms with Gasteiger partial charge in [0.15, 0.2) is 14.2 Å². The van der Waals surface area contributed by atoms with Crippen molar-refractivity contribution in [2.24, 2.45) is 4.99 Å². The molecule has 0 saturated heterocycles. The fraction of sp³-hybridized carbons (Fsp3) is 0.167. The Balaban J connectivity index is 1.23. The topological polar surface area (TPSA) is 102 Å². The molecule has 4 heterocycles. The molecule has 0 unspecified atom stereocenters. The number of furan rings is 1. The molecule has 0 aliphatic carbocycles. The van der Waals surface area contributed by atoms with Crippen LogP contribution >= 0.6 is 34.4 Å². The predicted octanol–water partition coefficient (Wildman–Crippen LogP) is 6.69. The molecular weight excluding hydrogens is 663 g/mol. The molecule has 1 atom stereocenters. The van der Waals surface area contributed by atoms with Crippen LogP contribution in [0.5, 0.6) is 5.75 Å². The lowest BCUT2D eigenvalue weighted by Crippen LogP contribution is -2.40. The lowest BCUT2D eigenvalue weighted by molar-refractivity contribution is -0.113. The first kappa shape index (κ1) is 31.7. The van der Waals surface area contributed by atoms with Crippen LogP contribution in [0.15, 0.2) is 120 Å². The number of carbonyl (C=O) groups excluding carboxylic acids is 1. The number of para-hydroxylation sites is 1. The lowest BCUT2D eigenvalue weighted by Gasteiger charge is -2.26. The number of rotatable bonds is 9. The van der Waals surface area contributed by atoms with Crippen molar-refractivity contribution in [1.29, 1.82) is 0 Å². The van der Waals surface area contributed by atoms with Gasteiger partial charge in [0.1, 0.15) is 11.5 Å². The van der Waals surface area contributed by atoms with Gasteiger partial charge >= 0.3 is 0 Å². The third-order valence-electron chi connectivity index (χ3n) is 7.74. The lowest BCUT2D eigenvalue weighted by atomic mass is 9.95. The summed E-state index contributed by atoms with van der Waals surface area (Å²) in [4.78, 5) is 40.0. The van der Waals surface area contributed by atoms with Gasteiger partial charge in [-0.3, -0.25) is 14.2 Å². The largest absolute Gasteiger partial charge is 0.494 e. The van der Waals surface area contributed by atoms with Gasteiger partial charge in [0.05, 0.1) is 38.7 Å². The van der Waals surface area contributed by atoms with Gasteiger partial charge in [-0.05, 0) is 85.8 Å². The van der Waals surface area contributed by atoms with Crippen LogP contribution in [0.1, 0.15) is 31.2 Å². The van der Waals surface area contributed by atoms with E-state index in [1.54, 1.807) is 22.0 Å². The molecule has 0 bridgehead atoms. The highest BCUT2D eigenvalue weighted by Gasteiger charge is 2.32. The van der Waals surface area contributed by atoms with Crippen molar-refractivity contribution in [1.82, 2.24) is 9.55 Å². The number of nitrogens with one attached hydrogen (secondary N) is 1. The Kier molecular flexibility index (Phi) is 8.78. The average Bonchev–Trinajstić information content (AvgIpc) is 3.77. The third kappa shape index (κ3) is 6.34. The molecule has 9 nitrogen and oxygen atoms in total. The van der Waals surface area contributed by atoms with E-state index in [9.17, 15) is 9.59 Å². The Hall–Kier alpha value is -4.91. The molecule has 0 fully saturated rings. The second-order valence-corrected chi connectivity index (χ2v) is 14.5. The molecule has 1 aliphatic rings. The minimum Gasteiger partial charge on any atom is -0.494 e. The number of aromatic nitrogens is 2. The minimum atomic E-state index is -0.673. The van der Waals surface area contributed by atoms with Gasteiger partial charge in [-0.25, -0.2) is 9.98 Å². The predicted molar refractivity (Wildman–Crippen MR) is 193 cm³/mol. The van der Waals surface area contributed by atoms with E-state index in [4.69, 9.17) is 19.1 Å². The summed E-state index contributed by atoms with van der Waals surface area (Å²) in [5, 5.41) is 3.65. The number of fused-ring (bicyclic) bond motifs is 2. The van der Waals surface area contributed by atoms with Crippen LogP contribution in [0.4, 0.5) is 11.4 Å². The molecule has 1 aliphatic heterocycles. The van der Waals surface area contributed by atoms with Crippen LogP contribution < -0.4 is 29.8 Å². The minimum absolute atomic E-state index is 0.250. The van der Waals surface area contributed by atoms with Crippen LogP contribution in [-0.2, 0) is 4.79 Å². The zero-order valence-electron chi connectivity index (χ0n) is 26.6. The highest BCUT2D eigenvalue weighted by atomic mass is 32.2. The molecule has 3 aromatic heterocycles. The van der Waals surface area contributed by atoms with Gasteiger partial charge in [0, 0.05) is 31.5 Å². The number of amides is 1. The molecule has 0 radical (unpaired) electrons. The van der Waals surface area contributed by atoms with Gasteiger partial charge in [0.25, 0.3) is 11.5 Å². The smallest absolute Gasteiger partial charge is 0.271 e. The number of carbonyl (C=O) groups is 1. The first-order chi connectivity index (χ1) is 23.3. The van der Waals surface area contributed by atoms with Crippen LogP contribution in [0, 0.1) is 0 Å². The molecule has 6 aromatic rings. The van der Waals surface area contributed by atoms with Crippen molar-refractivity contribution in [2.45, 2.75) is 29.3 Å². The van der Waals surface area contributed by atoms with E-state index in [1.807, 2.05) is 118 Å². The zero-order valence-corrected chi connectivity index (χ0v) is 29.0. The number of ether oxygens (including phenoxy) is 1. The molecule has 0 saturated carbocycles. The Morgan fingerprint density at radius 2 is 1.85 bits per heavy atom. The third-order valence-corrected chi connectivity index (χ3v) is 10.7. The van der Waals surface area contributed by atoms with Crippen molar-refractivity contribution in [2.75, 3.05) is 30.9 Å². The van der Waals surface area contributed by atoms with Crippen molar-refractivity contribution in [3.8, 4) is 5.75 Å². The Bertz CT molecular complexity index is 2350. The second kappa shape index (κ2) is 13.3. The highest BCUT2D eigenvalue weighted by molar-refractivity contribution is 8.01. The summed E-state index contributed by atoms with van der Waals surface area (Å²) in [6, 6.07) is 26.1. The molecule has 3 aromatic carbocycles. The first-order valence-corrected chi connectivity index (χ1v) is 17.7. The fourth-order valence-electron chi connectivity index (χ4n) is 5.47. The van der Waals surface area contributed by atoms with E-state index in [0.29, 0.717) is 43.8 Å². The van der Waals surface area contributed by atoms with Gasteiger partial charge in [-0.15, -0.1) is 11.3 Å². The van der Waals surface area contributed by atoms with E-state index < -0.39 is 6.04 Å². The van der Waals surface area contributed by atoms with E-state index >= 15 is 0 Å². The summed E-state index contributed by atoms with van der Waals surface area (Å²) in [7, 11) is 3.94. The Labute approximate surface area is 288 Å². The van der Waals surface area contributed by atoms with Crippen molar-refractivity contribution >= 4 is 68.0 Å². The second-order valence-electron chi connectivity index (χ2n) is 11.2. The quantitative estimate of drug-likeness (QED) is 0.180. The molecular formula is C36H31N5O4S3. The summed E-state index contributed by atoms with van der Waals surface area (Å²) >= 11 is 4.27. The van der Waals surface area contributed by atoms with Crippen LogP contribution in [0.3, 0.4) is 0 Å². The molecule has 12 heteroatoms. The number of allylic oxidation sites excluding steroid dienone is 1. The maximum absolute atomic E-state index is 14.1. The van der Waals surface area contributed by atoms with Crippen LogP contribution in [-0.4, -0.2) is 36.2 Å². The van der Waals surface area contributed by atoms with E-state index in [-0.39, 0.29) is 11.5 Å². The number of hydrogen-bond donors (Lipinski definition) is 1. The summed E-state index contributed by atoms with van der Waals surface area (Å²) in [6.07, 6.45) is 1.73. The summed E-state index contributed by atoms with van der Waals surface area (Å²) in [5.41, 5.74) is 4.10. The van der Waals surface area contributed by atoms with Gasteiger partial charge in [-0.1, -0.05) is 41.7 Å². The summed E-state index contributed by atoms with van der Waals surface area (Å²) < 4.78 is 15.7. The standard InChI is InChI=1S/C36H31N5O4S3/c1-5-44-25-15-17-27-28(19-25)47-36(39-27)48-30-18-16-26(45-30)20-29-34(43)41-32(22-11-13-24(14-12-22)40(3)4)31(21(2)37-35(41)46-29)33(42)38-23-9-7-6-8-10-23/h6-20,32H,5H2,1-4H3,(H,38,42)/b29-20-/t32-/m0/s1. The highest BCUT2D eigenvalue weighted by Crippen LogP contribution is 2.37. The normalized spacial score (nSPS) is 14.6. The maximum Gasteiger partial charge on any atom is 0.271 e. The number of nitrogens with zero attached hydrogens (tertiary/aromatic N) is 4. The number of benzene rings is 3. The van der Waals surface area contributed by atoms with Gasteiger partial charge < -0.3 is 19.4 Å². The van der Waals surface area contributed by atoms with E-state index in [2.05, 4.69) is 5.32 Å². The molecule has 1 amide bonds. The first-order valence-electron chi connectivity index (χ1n) is 15.2. The van der Waals surface area contributed by atoms with Crippen LogP contribution in [0.2, 0.25) is 0 Å². The van der Waals surface area contributed by atoms with Crippen molar-refractivity contribution in [3.05, 3.63) is 127 Å². The number of hydrogen-bond acceptors (Lipinski definition) is 10. The molecule has 48 heavy (non-hydrogen) atoms. The Morgan fingerprint density at radius 3 is 2.60 bits per heavy atom. The van der Waals surface area contributed by atoms with Gasteiger partial charge in [-0.2, -0.15) is 0 Å². The van der Waals surface area contributed by atoms with Crippen molar-refractivity contribution < 1.29 is 13.9 Å². The van der Waals surface area contributed by atoms with Crippen LogP contribution in [0.25, 0.3) is 16.3 Å². The van der Waals surface area contributed by atoms with E-state index in [0.717, 1.165) is 31.6 Å². The number of anilines is 2. The summed E-state index contributed by atoms with van der Waals surface area (Å²) in [5.74, 6) is 1.04. The molecule has 242 valence electrons. The van der Waals surface area contributed by atoms with Crippen molar-refractivity contribution in [3.63, 3.8) is 0 Å².